The van der Waals surface area contributed by atoms with Crippen molar-refractivity contribution in [2.24, 2.45) is 5.92 Å². The number of carbonyl (C=O) groups excluding carboxylic acids is 5. The van der Waals surface area contributed by atoms with Crippen molar-refractivity contribution in [3.63, 3.8) is 0 Å². The molecule has 254 valence electrons. The van der Waals surface area contributed by atoms with Crippen LogP contribution in [0.3, 0.4) is 0 Å². The van der Waals surface area contributed by atoms with Gasteiger partial charge in [-0.05, 0) is 50.3 Å². The van der Waals surface area contributed by atoms with Crippen LogP contribution in [0.2, 0.25) is 0 Å². The second-order valence-electron chi connectivity index (χ2n) is 10.9. The van der Waals surface area contributed by atoms with Crippen molar-refractivity contribution in [3.8, 4) is 5.75 Å². The number of Topliss-reactive ketones (excluding diaryl/α,β-unsaturated/α-hetero) is 1. The Balaban J connectivity index is 0.00000433. The molecular weight excluding hydrogens is 584 g/mol. The van der Waals surface area contributed by atoms with E-state index in [-0.39, 0.29) is 22.3 Å². The van der Waals surface area contributed by atoms with Gasteiger partial charge < -0.3 is 39.9 Å². The molecular formula is C32H52N4O9. The van der Waals surface area contributed by atoms with Crippen molar-refractivity contribution in [3.05, 3.63) is 30.0 Å². The third kappa shape index (κ3) is 9.27. The predicted octanol–water partition coefficient (Wildman–Crippen LogP) is 3.51. The van der Waals surface area contributed by atoms with Gasteiger partial charge in [-0.25, -0.2) is 4.79 Å². The quantitative estimate of drug-likeness (QED) is 0.240. The highest BCUT2D eigenvalue weighted by Gasteiger charge is 2.40. The second-order valence-corrected chi connectivity index (χ2v) is 10.9. The highest BCUT2D eigenvalue weighted by Crippen LogP contribution is 2.26. The lowest BCUT2D eigenvalue weighted by Crippen LogP contribution is -2.54. The van der Waals surface area contributed by atoms with E-state index >= 15 is 0 Å². The fourth-order valence-electron chi connectivity index (χ4n) is 5.23. The standard InChI is InChI=1S/C30H40N4O9.C2H6.3H2/c1-4-8-21(33-28(38)23-16-19-20(32-23)10-5-11-25(19)40-3)27(37)34-22(15-18-9-6-12-31-26(18)36)24(35)17-41-29(39)30(2)42-13-7-14-43-30;1-2;;;/h5,10-11,16,18,21-22,32H,4,6-9,12-15,17H2,1-3H3,(H,31,36)(H,33,38)(H,34,37);1-2H3;3*1H/t18-,21-,22-;;;;/m0..../s1. The Kier molecular flexibility index (Phi) is 13.4. The number of rotatable bonds is 13. The van der Waals surface area contributed by atoms with E-state index in [0.717, 1.165) is 11.8 Å². The number of aromatic amines is 1. The van der Waals surface area contributed by atoms with Crippen LogP contribution in [0, 0.1) is 5.92 Å². The minimum atomic E-state index is -1.62. The number of nitrogens with one attached hydrogen (secondary N) is 4. The molecule has 0 saturated carbocycles. The van der Waals surface area contributed by atoms with Gasteiger partial charge in [-0.1, -0.05) is 33.3 Å². The molecule has 3 amide bonds. The van der Waals surface area contributed by atoms with Crippen LogP contribution in [0.1, 0.15) is 81.0 Å². The topological polar surface area (TPSA) is 174 Å². The number of amides is 3. The molecule has 2 aliphatic heterocycles. The molecule has 2 fully saturated rings. The van der Waals surface area contributed by atoms with E-state index in [1.165, 1.54) is 14.0 Å². The summed E-state index contributed by atoms with van der Waals surface area (Å²) >= 11 is 0. The number of piperidine rings is 1. The summed E-state index contributed by atoms with van der Waals surface area (Å²) in [5.74, 6) is -4.28. The molecule has 45 heavy (non-hydrogen) atoms. The van der Waals surface area contributed by atoms with Gasteiger partial charge in [0.2, 0.25) is 11.8 Å². The molecule has 1 aromatic carbocycles. The summed E-state index contributed by atoms with van der Waals surface area (Å²) in [5.41, 5.74) is 0.942. The molecule has 3 heterocycles. The zero-order chi connectivity index (χ0) is 33.0. The average Bonchev–Trinajstić information content (AvgIpc) is 3.50. The van der Waals surface area contributed by atoms with Crippen LogP contribution in [-0.4, -0.2) is 85.8 Å². The number of hydrogen-bond donors (Lipinski definition) is 4. The molecule has 3 atom stereocenters. The van der Waals surface area contributed by atoms with Crippen molar-refractivity contribution in [2.75, 3.05) is 33.5 Å². The molecule has 2 aliphatic rings. The highest BCUT2D eigenvalue weighted by atomic mass is 16.7. The SMILES string of the molecule is CC.CCC[C@H](NC(=O)c1cc2c(OC)cccc2[nH]1)C(=O)N[C@@H](C[C@@H]1CCCNC1=O)C(=O)COC(=O)C1(C)OCCCO1.[HH].[HH].[HH]. The molecule has 0 unspecified atom stereocenters. The maximum atomic E-state index is 13.5. The lowest BCUT2D eigenvalue weighted by molar-refractivity contribution is -0.260. The van der Waals surface area contributed by atoms with E-state index in [2.05, 4.69) is 20.9 Å². The van der Waals surface area contributed by atoms with Crippen LogP contribution >= 0.6 is 0 Å². The summed E-state index contributed by atoms with van der Waals surface area (Å²) in [6.45, 7) is 7.80. The third-order valence-corrected chi connectivity index (χ3v) is 7.67. The lowest BCUT2D eigenvalue weighted by Gasteiger charge is -2.31. The van der Waals surface area contributed by atoms with Crippen LogP contribution in [-0.2, 0) is 33.4 Å². The van der Waals surface area contributed by atoms with Gasteiger partial charge in [-0.15, -0.1) is 0 Å². The van der Waals surface area contributed by atoms with Gasteiger partial charge in [0, 0.05) is 34.6 Å². The number of benzene rings is 1. The Morgan fingerprint density at radius 2 is 1.84 bits per heavy atom. The number of methoxy groups -OCH3 is 1. The number of carbonyl (C=O) groups is 5. The van der Waals surface area contributed by atoms with Gasteiger partial charge in [0.15, 0.2) is 12.4 Å². The van der Waals surface area contributed by atoms with E-state index in [4.69, 9.17) is 18.9 Å². The van der Waals surface area contributed by atoms with Crippen LogP contribution in [0.25, 0.3) is 10.9 Å². The highest BCUT2D eigenvalue weighted by molar-refractivity contribution is 6.02. The number of esters is 1. The molecule has 4 N–H and O–H groups in total. The van der Waals surface area contributed by atoms with Gasteiger partial charge in [-0.2, -0.15) is 0 Å². The van der Waals surface area contributed by atoms with Gasteiger partial charge in [0.05, 0.1) is 26.4 Å². The average molecular weight is 637 g/mol. The minimum absolute atomic E-state index is 0. The summed E-state index contributed by atoms with van der Waals surface area (Å²) in [4.78, 5) is 68.2. The Bertz CT molecular complexity index is 1350. The molecule has 2 aromatic rings. The summed E-state index contributed by atoms with van der Waals surface area (Å²) < 4.78 is 21.4. The van der Waals surface area contributed by atoms with Crippen molar-refractivity contribution < 1.29 is 47.2 Å². The van der Waals surface area contributed by atoms with E-state index in [1.54, 1.807) is 18.2 Å². The van der Waals surface area contributed by atoms with Crippen LogP contribution in [0.15, 0.2) is 24.3 Å². The first kappa shape index (κ1) is 35.5. The maximum Gasteiger partial charge on any atom is 0.366 e. The Morgan fingerprint density at radius 3 is 2.51 bits per heavy atom. The summed E-state index contributed by atoms with van der Waals surface area (Å²) in [6, 6.07) is 4.93. The fraction of sp³-hybridized carbons (Fsp3) is 0.594. The minimum Gasteiger partial charge on any atom is -0.496 e. The predicted molar refractivity (Wildman–Crippen MR) is 172 cm³/mol. The van der Waals surface area contributed by atoms with Crippen molar-refractivity contribution in [1.82, 2.24) is 20.9 Å². The number of aromatic nitrogens is 1. The smallest absolute Gasteiger partial charge is 0.366 e. The van der Waals surface area contributed by atoms with Crippen LogP contribution < -0.4 is 20.7 Å². The first-order chi connectivity index (χ1) is 21.6. The van der Waals surface area contributed by atoms with Gasteiger partial charge in [-0.3, -0.25) is 19.2 Å². The van der Waals surface area contributed by atoms with E-state index in [1.807, 2.05) is 26.8 Å². The largest absolute Gasteiger partial charge is 0.496 e. The number of ether oxygens (including phenoxy) is 4. The van der Waals surface area contributed by atoms with Crippen molar-refractivity contribution in [1.29, 1.82) is 0 Å². The molecule has 0 spiro atoms. The second kappa shape index (κ2) is 16.9. The summed E-state index contributed by atoms with van der Waals surface area (Å²) in [5, 5.41) is 8.97. The van der Waals surface area contributed by atoms with Gasteiger partial charge >= 0.3 is 5.97 Å². The molecule has 0 aliphatic carbocycles. The lowest BCUT2D eigenvalue weighted by atomic mass is 9.90. The van der Waals surface area contributed by atoms with Crippen molar-refractivity contribution >= 4 is 40.4 Å². The van der Waals surface area contributed by atoms with Gasteiger partial charge in [0.25, 0.3) is 11.7 Å². The zero-order valence-corrected chi connectivity index (χ0v) is 26.8. The molecule has 13 nitrogen and oxygen atoms in total. The normalized spacial score (nSPS) is 18.8. The Hall–Kier alpha value is -3.97. The van der Waals surface area contributed by atoms with Crippen molar-refractivity contribution in [2.45, 2.75) is 84.1 Å². The van der Waals surface area contributed by atoms with Crippen LogP contribution in [0.5, 0.6) is 5.75 Å². The molecule has 4 rings (SSSR count). The molecule has 1 aromatic heterocycles. The summed E-state index contributed by atoms with van der Waals surface area (Å²) in [7, 11) is 1.54. The molecule has 0 radical (unpaired) electrons. The zero-order valence-electron chi connectivity index (χ0n) is 26.8. The fourth-order valence-corrected chi connectivity index (χ4v) is 5.23. The monoisotopic (exact) mass is 636 g/mol. The maximum absolute atomic E-state index is 13.5. The Morgan fingerprint density at radius 1 is 1.11 bits per heavy atom. The summed E-state index contributed by atoms with van der Waals surface area (Å²) in [6.07, 6.45) is 2.80. The number of ketones is 1. The molecule has 13 heteroatoms. The van der Waals surface area contributed by atoms with Crippen LogP contribution in [0.4, 0.5) is 0 Å². The number of H-pyrrole nitrogens is 1. The molecule has 2 saturated heterocycles. The van der Waals surface area contributed by atoms with Gasteiger partial charge in [0.1, 0.15) is 17.5 Å². The first-order valence-corrected chi connectivity index (χ1v) is 15.7. The number of hydrogen-bond acceptors (Lipinski definition) is 9. The van der Waals surface area contributed by atoms with E-state index < -0.39 is 54.0 Å². The first-order valence-electron chi connectivity index (χ1n) is 15.7. The molecule has 0 bridgehead atoms. The number of fused-ring (bicyclic) bond motifs is 1. The van der Waals surface area contributed by atoms with E-state index in [0.29, 0.717) is 56.7 Å². The third-order valence-electron chi connectivity index (χ3n) is 7.67. The van der Waals surface area contributed by atoms with E-state index in [9.17, 15) is 24.0 Å². The Labute approximate surface area is 267 Å².